The number of fused-ring (bicyclic) bond motifs is 1. The molecule has 0 aliphatic rings. The first kappa shape index (κ1) is 22.2. The Hall–Kier alpha value is -4.00. The molecule has 2 heterocycles. The van der Waals surface area contributed by atoms with Crippen molar-refractivity contribution >= 4 is 22.3 Å². The minimum Gasteiger partial charge on any atom is -0.438 e. The first-order valence-corrected chi connectivity index (χ1v) is 10.4. The molecule has 1 unspecified atom stereocenters. The molecule has 1 atom stereocenters. The van der Waals surface area contributed by atoms with Gasteiger partial charge in [-0.05, 0) is 59.8 Å². The molecule has 5 nitrogen and oxygen atoms in total. The van der Waals surface area contributed by atoms with Crippen LogP contribution in [0.4, 0.5) is 14.6 Å². The fraction of sp³-hybridized carbons (Fsp3) is 0.154. The van der Waals surface area contributed by atoms with E-state index in [1.54, 1.807) is 12.4 Å². The number of anilines is 1. The lowest BCUT2D eigenvalue weighted by Gasteiger charge is -2.18. The highest BCUT2D eigenvalue weighted by molar-refractivity contribution is 5.95. The van der Waals surface area contributed by atoms with E-state index in [1.165, 1.54) is 24.3 Å². The Morgan fingerprint density at radius 3 is 2.24 bits per heavy atom. The van der Waals surface area contributed by atoms with Crippen molar-refractivity contribution in [3.05, 3.63) is 96.3 Å². The van der Waals surface area contributed by atoms with E-state index < -0.39 is 5.92 Å². The van der Waals surface area contributed by atoms with E-state index in [0.717, 1.165) is 23.4 Å². The number of nitrogens with zero attached hydrogens (tertiary/aromatic N) is 2. The summed E-state index contributed by atoms with van der Waals surface area (Å²) in [6.45, 7) is 6.64. The molecule has 168 valence electrons. The maximum Gasteiger partial charge on any atom is 0.270 e. The first-order valence-electron chi connectivity index (χ1n) is 10.4. The van der Waals surface area contributed by atoms with Gasteiger partial charge in [0, 0.05) is 36.6 Å². The number of pyridine rings is 2. The number of nitrogens with one attached hydrogen (secondary N) is 1. The van der Waals surface area contributed by atoms with Gasteiger partial charge in [-0.1, -0.05) is 30.8 Å². The minimum absolute atomic E-state index is 0.0673. The van der Waals surface area contributed by atoms with Crippen LogP contribution in [0, 0.1) is 0 Å². The number of halogens is 2. The molecule has 0 fully saturated rings. The summed E-state index contributed by atoms with van der Waals surface area (Å²) in [6, 6.07) is 17.2. The topological polar surface area (TPSA) is 73.1 Å². The molecule has 3 N–H and O–H groups in total. The molecule has 0 aliphatic carbocycles. The quantitative estimate of drug-likeness (QED) is 0.333. The molecular weight excluding hydrogens is 422 g/mol. The molecule has 0 radical (unpaired) electrons. The van der Waals surface area contributed by atoms with Crippen LogP contribution >= 0.6 is 0 Å². The van der Waals surface area contributed by atoms with Crippen molar-refractivity contribution in [2.75, 3.05) is 5.32 Å². The SMILES string of the molecule is C=C(N)c1ccc(C(C)Nc2nccc3ccnc(Oc4ccc(C(C)(F)F)cc4)c23)cc1. The normalized spacial score (nSPS) is 12.4. The van der Waals surface area contributed by atoms with Gasteiger partial charge in [-0.15, -0.1) is 0 Å². The van der Waals surface area contributed by atoms with E-state index >= 15 is 0 Å². The molecule has 0 spiro atoms. The van der Waals surface area contributed by atoms with Gasteiger partial charge in [0.15, 0.2) is 0 Å². The summed E-state index contributed by atoms with van der Waals surface area (Å²) in [5, 5.41) is 5.00. The maximum atomic E-state index is 13.5. The molecule has 4 aromatic rings. The summed E-state index contributed by atoms with van der Waals surface area (Å²) in [6.07, 6.45) is 3.35. The molecule has 33 heavy (non-hydrogen) atoms. The summed E-state index contributed by atoms with van der Waals surface area (Å²) in [5.41, 5.74) is 8.11. The van der Waals surface area contributed by atoms with Crippen LogP contribution in [0.3, 0.4) is 0 Å². The Morgan fingerprint density at radius 1 is 1.00 bits per heavy atom. The molecule has 2 aromatic heterocycles. The van der Waals surface area contributed by atoms with E-state index in [-0.39, 0.29) is 11.6 Å². The molecule has 0 bridgehead atoms. The zero-order valence-electron chi connectivity index (χ0n) is 18.3. The molecule has 2 aromatic carbocycles. The van der Waals surface area contributed by atoms with Gasteiger partial charge in [-0.3, -0.25) is 0 Å². The van der Waals surface area contributed by atoms with Gasteiger partial charge >= 0.3 is 0 Å². The van der Waals surface area contributed by atoms with Crippen molar-refractivity contribution in [2.24, 2.45) is 5.73 Å². The van der Waals surface area contributed by atoms with Crippen molar-refractivity contribution in [1.82, 2.24) is 9.97 Å². The van der Waals surface area contributed by atoms with Gasteiger partial charge in [0.1, 0.15) is 11.6 Å². The molecule has 7 heteroatoms. The number of ether oxygens (including phenoxy) is 1. The van der Waals surface area contributed by atoms with Crippen LogP contribution in [0.1, 0.15) is 36.6 Å². The van der Waals surface area contributed by atoms with Crippen LogP contribution in [0.2, 0.25) is 0 Å². The second-order valence-electron chi connectivity index (χ2n) is 7.90. The third-order valence-corrected chi connectivity index (χ3v) is 5.35. The molecule has 0 amide bonds. The third kappa shape index (κ3) is 4.92. The summed E-state index contributed by atoms with van der Waals surface area (Å²) in [4.78, 5) is 8.87. The highest BCUT2D eigenvalue weighted by atomic mass is 19.3. The minimum atomic E-state index is -2.91. The first-order chi connectivity index (χ1) is 15.7. The Bertz CT molecular complexity index is 1280. The lowest BCUT2D eigenvalue weighted by atomic mass is 10.0. The predicted molar refractivity (Wildman–Crippen MR) is 127 cm³/mol. The summed E-state index contributed by atoms with van der Waals surface area (Å²) < 4.78 is 33.0. The molecule has 0 aliphatic heterocycles. The standard InChI is InChI=1S/C26H24F2N4O/c1-16(29)18-4-6-19(7-5-18)17(2)32-24-23-20(12-14-30-24)13-15-31-25(23)33-22-10-8-21(9-11-22)26(3,27)28/h4-15,17H,1,29H2,2-3H3,(H,30,32). The summed E-state index contributed by atoms with van der Waals surface area (Å²) in [5.74, 6) is -1.57. The fourth-order valence-corrected chi connectivity index (χ4v) is 3.48. The number of rotatable bonds is 7. The van der Waals surface area contributed by atoms with E-state index in [1.807, 2.05) is 43.3 Å². The Labute approximate surface area is 191 Å². The monoisotopic (exact) mass is 446 g/mol. The zero-order chi connectivity index (χ0) is 23.6. The second-order valence-corrected chi connectivity index (χ2v) is 7.90. The van der Waals surface area contributed by atoms with Crippen LogP contribution in [-0.2, 0) is 5.92 Å². The van der Waals surface area contributed by atoms with Gasteiger partial charge in [0.05, 0.1) is 5.39 Å². The number of hydrogen-bond acceptors (Lipinski definition) is 5. The fourth-order valence-electron chi connectivity index (χ4n) is 3.48. The number of nitrogens with two attached hydrogens (primary N) is 1. The average Bonchev–Trinajstić information content (AvgIpc) is 2.79. The van der Waals surface area contributed by atoms with E-state index in [2.05, 4.69) is 21.9 Å². The smallest absolute Gasteiger partial charge is 0.270 e. The van der Waals surface area contributed by atoms with E-state index in [0.29, 0.717) is 28.5 Å². The number of alkyl halides is 2. The van der Waals surface area contributed by atoms with Gasteiger partial charge in [0.2, 0.25) is 5.88 Å². The molecule has 0 saturated heterocycles. The summed E-state index contributed by atoms with van der Waals surface area (Å²) >= 11 is 0. The van der Waals surface area contributed by atoms with Crippen molar-refractivity contribution in [2.45, 2.75) is 25.8 Å². The van der Waals surface area contributed by atoms with Crippen molar-refractivity contribution < 1.29 is 13.5 Å². The molecule has 0 saturated carbocycles. The Kier molecular flexibility index (Phi) is 5.96. The van der Waals surface area contributed by atoms with Gasteiger partial charge in [-0.2, -0.15) is 0 Å². The molecular formula is C26H24F2N4O. The van der Waals surface area contributed by atoms with Crippen LogP contribution < -0.4 is 15.8 Å². The third-order valence-electron chi connectivity index (χ3n) is 5.35. The lowest BCUT2D eigenvalue weighted by Crippen LogP contribution is -2.09. The highest BCUT2D eigenvalue weighted by Gasteiger charge is 2.24. The van der Waals surface area contributed by atoms with Crippen LogP contribution in [-0.4, -0.2) is 9.97 Å². The summed E-state index contributed by atoms with van der Waals surface area (Å²) in [7, 11) is 0. The van der Waals surface area contributed by atoms with Crippen molar-refractivity contribution in [3.8, 4) is 11.6 Å². The predicted octanol–water partition coefficient (Wildman–Crippen LogP) is 6.64. The maximum absolute atomic E-state index is 13.5. The van der Waals surface area contributed by atoms with Gasteiger partial charge in [0.25, 0.3) is 5.92 Å². The van der Waals surface area contributed by atoms with Crippen LogP contribution in [0.25, 0.3) is 16.5 Å². The second kappa shape index (κ2) is 8.86. The van der Waals surface area contributed by atoms with Crippen LogP contribution in [0.15, 0.2) is 79.6 Å². The van der Waals surface area contributed by atoms with E-state index in [9.17, 15) is 8.78 Å². The zero-order valence-corrected chi connectivity index (χ0v) is 18.3. The van der Waals surface area contributed by atoms with E-state index in [4.69, 9.17) is 10.5 Å². The van der Waals surface area contributed by atoms with Gasteiger partial charge < -0.3 is 15.8 Å². The highest BCUT2D eigenvalue weighted by Crippen LogP contribution is 2.35. The number of aromatic nitrogens is 2. The van der Waals surface area contributed by atoms with Gasteiger partial charge in [-0.25, -0.2) is 18.7 Å². The Morgan fingerprint density at radius 2 is 1.64 bits per heavy atom. The molecule has 4 rings (SSSR count). The lowest BCUT2D eigenvalue weighted by molar-refractivity contribution is 0.0174. The van der Waals surface area contributed by atoms with Crippen molar-refractivity contribution in [3.63, 3.8) is 0 Å². The number of hydrogen-bond donors (Lipinski definition) is 2. The van der Waals surface area contributed by atoms with Crippen molar-refractivity contribution in [1.29, 1.82) is 0 Å². The largest absolute Gasteiger partial charge is 0.438 e. The average molecular weight is 447 g/mol. The Balaban J connectivity index is 1.64. The number of benzene rings is 2. The van der Waals surface area contributed by atoms with Crippen LogP contribution in [0.5, 0.6) is 11.6 Å².